The van der Waals surface area contributed by atoms with Crippen molar-refractivity contribution < 1.29 is 38.0 Å². The van der Waals surface area contributed by atoms with Gasteiger partial charge in [0, 0.05) is 6.42 Å². The fourth-order valence-corrected chi connectivity index (χ4v) is 4.29. The third-order valence-electron chi connectivity index (χ3n) is 4.51. The highest BCUT2D eigenvalue weighted by Gasteiger charge is 2.26. The van der Waals surface area contributed by atoms with Crippen molar-refractivity contribution in [1.29, 1.82) is 0 Å². The zero-order valence-corrected chi connectivity index (χ0v) is 21.1. The predicted molar refractivity (Wildman–Crippen MR) is 120 cm³/mol. The molecule has 0 aliphatic carbocycles. The normalized spacial score (nSPS) is 10.3. The molecule has 2 aromatic rings. The molecular weight excluding hydrogens is 540 g/mol. The van der Waals surface area contributed by atoms with Crippen molar-refractivity contribution >= 4 is 43.8 Å². The molecule has 2 rings (SSSR count). The van der Waals surface area contributed by atoms with E-state index in [4.69, 9.17) is 28.4 Å². The molecule has 31 heavy (non-hydrogen) atoms. The van der Waals surface area contributed by atoms with Crippen molar-refractivity contribution in [2.45, 2.75) is 6.42 Å². The monoisotopic (exact) mass is 560 g/mol. The predicted octanol–water partition coefficient (Wildman–Crippen LogP) is 4.41. The fourth-order valence-electron chi connectivity index (χ4n) is 3.10. The van der Waals surface area contributed by atoms with Crippen LogP contribution in [0, 0.1) is 0 Å². The number of esters is 2. The quantitative estimate of drug-likeness (QED) is 0.438. The Morgan fingerprint density at radius 3 is 1.23 bits per heavy atom. The third-order valence-corrected chi connectivity index (χ3v) is 6.25. The highest BCUT2D eigenvalue weighted by Crippen LogP contribution is 2.45. The Balaban J connectivity index is 2.75. The highest BCUT2D eigenvalue weighted by molar-refractivity contribution is 9.11. The Morgan fingerprint density at radius 2 is 0.968 bits per heavy atom. The van der Waals surface area contributed by atoms with Gasteiger partial charge < -0.3 is 28.4 Å². The van der Waals surface area contributed by atoms with Crippen molar-refractivity contribution in [1.82, 2.24) is 0 Å². The van der Waals surface area contributed by atoms with Crippen LogP contribution < -0.4 is 18.9 Å². The van der Waals surface area contributed by atoms with Gasteiger partial charge in [-0.15, -0.1) is 0 Å². The molecule has 0 heterocycles. The van der Waals surface area contributed by atoms with Gasteiger partial charge in [-0.25, -0.2) is 9.59 Å². The number of ether oxygens (including phenoxy) is 6. The van der Waals surface area contributed by atoms with Gasteiger partial charge in [0.05, 0.1) is 51.6 Å². The van der Waals surface area contributed by atoms with Crippen LogP contribution in [0.5, 0.6) is 23.0 Å². The Morgan fingerprint density at radius 1 is 0.645 bits per heavy atom. The number of halogens is 2. The maximum atomic E-state index is 12.3. The summed E-state index contributed by atoms with van der Waals surface area (Å²) in [7, 11) is 8.37. The molecule has 0 atom stereocenters. The average Bonchev–Trinajstić information content (AvgIpc) is 2.79. The Hall–Kier alpha value is -2.46. The number of benzene rings is 2. The van der Waals surface area contributed by atoms with Gasteiger partial charge in [0.1, 0.15) is 11.1 Å². The van der Waals surface area contributed by atoms with E-state index in [2.05, 4.69) is 31.9 Å². The molecule has 168 valence electrons. The topological polar surface area (TPSA) is 89.5 Å². The van der Waals surface area contributed by atoms with E-state index in [1.165, 1.54) is 42.7 Å². The Labute approximate surface area is 197 Å². The maximum absolute atomic E-state index is 12.3. The molecule has 0 bridgehead atoms. The summed E-state index contributed by atoms with van der Waals surface area (Å²) < 4.78 is 32.6. The van der Waals surface area contributed by atoms with Crippen molar-refractivity contribution in [2.24, 2.45) is 0 Å². The molecule has 0 aliphatic heterocycles. The molecule has 0 fully saturated rings. The molecule has 0 saturated heterocycles. The van der Waals surface area contributed by atoms with E-state index < -0.39 is 11.9 Å². The molecule has 8 nitrogen and oxygen atoms in total. The fraction of sp³-hybridized carbons (Fsp3) is 0.333. The lowest BCUT2D eigenvalue weighted by molar-refractivity contribution is 0.0587. The minimum absolute atomic E-state index is 0.199. The lowest BCUT2D eigenvalue weighted by atomic mass is 9.99. The van der Waals surface area contributed by atoms with Crippen molar-refractivity contribution in [3.8, 4) is 23.0 Å². The molecule has 10 heteroatoms. The number of rotatable bonds is 8. The summed E-state index contributed by atoms with van der Waals surface area (Å²) in [5.41, 5.74) is 1.76. The first-order valence-corrected chi connectivity index (χ1v) is 10.4. The minimum atomic E-state index is -0.578. The highest BCUT2D eigenvalue weighted by atomic mass is 79.9. The van der Waals surface area contributed by atoms with Gasteiger partial charge in [-0.2, -0.15) is 0 Å². The molecule has 2 aromatic carbocycles. The molecule has 0 saturated carbocycles. The van der Waals surface area contributed by atoms with E-state index in [0.717, 1.165) is 0 Å². The van der Waals surface area contributed by atoms with E-state index in [9.17, 15) is 9.59 Å². The van der Waals surface area contributed by atoms with Crippen LogP contribution in [0.15, 0.2) is 21.1 Å². The van der Waals surface area contributed by atoms with Gasteiger partial charge >= 0.3 is 11.9 Å². The second kappa shape index (κ2) is 10.7. The first kappa shape index (κ1) is 24.8. The van der Waals surface area contributed by atoms with Gasteiger partial charge in [0.25, 0.3) is 0 Å². The van der Waals surface area contributed by atoms with Crippen molar-refractivity contribution in [2.75, 3.05) is 42.7 Å². The zero-order valence-electron chi connectivity index (χ0n) is 17.9. The number of methoxy groups -OCH3 is 6. The summed E-state index contributed by atoms with van der Waals surface area (Å²) in [6.45, 7) is 0. The number of carbonyl (C=O) groups is 2. The first-order chi connectivity index (χ1) is 14.8. The van der Waals surface area contributed by atoms with Crippen LogP contribution in [-0.4, -0.2) is 54.6 Å². The van der Waals surface area contributed by atoms with Crippen LogP contribution in [0.25, 0.3) is 0 Å². The number of carbonyl (C=O) groups excluding carboxylic acids is 2. The van der Waals surface area contributed by atoms with Crippen molar-refractivity contribution in [3.63, 3.8) is 0 Å². The van der Waals surface area contributed by atoms with E-state index in [1.54, 1.807) is 12.1 Å². The average molecular weight is 562 g/mol. The minimum Gasteiger partial charge on any atom is -0.492 e. The van der Waals surface area contributed by atoms with Gasteiger partial charge in [-0.3, -0.25) is 0 Å². The largest absolute Gasteiger partial charge is 0.492 e. The Kier molecular flexibility index (Phi) is 8.58. The Bertz CT molecular complexity index is 924. The maximum Gasteiger partial charge on any atom is 0.341 e. The first-order valence-electron chi connectivity index (χ1n) is 8.82. The van der Waals surface area contributed by atoms with Crippen LogP contribution in [-0.2, 0) is 15.9 Å². The van der Waals surface area contributed by atoms with E-state index in [1.807, 2.05) is 0 Å². The third kappa shape index (κ3) is 4.74. The van der Waals surface area contributed by atoms with E-state index >= 15 is 0 Å². The van der Waals surface area contributed by atoms with Crippen LogP contribution in [0.3, 0.4) is 0 Å². The number of hydrogen-bond acceptors (Lipinski definition) is 8. The SMILES string of the molecule is COC(=O)c1cc(Cc2cc(C(=O)OC)c(OC)c(OC)c2Br)c(Br)c(OC)c1OC. The summed E-state index contributed by atoms with van der Waals surface area (Å²) in [5, 5.41) is 0. The van der Waals surface area contributed by atoms with Crippen LogP contribution in [0.2, 0.25) is 0 Å². The molecule has 0 radical (unpaired) electrons. The summed E-state index contributed by atoms with van der Waals surface area (Å²) in [4.78, 5) is 24.7. The summed E-state index contributed by atoms with van der Waals surface area (Å²) >= 11 is 7.05. The summed E-state index contributed by atoms with van der Waals surface area (Å²) in [6.07, 6.45) is 0.288. The molecule has 0 N–H and O–H groups in total. The molecule has 0 spiro atoms. The standard InChI is InChI=1S/C21H22Br2O8/c1-26-16-12(20(24)30-5)8-10(14(22)18(16)28-3)7-11-9-13(21(25)31-6)17(27-2)19(29-4)15(11)23/h8-9H,7H2,1-6H3. The molecule has 0 unspecified atom stereocenters. The lowest BCUT2D eigenvalue weighted by Gasteiger charge is -2.19. The van der Waals surface area contributed by atoms with Crippen molar-refractivity contribution in [3.05, 3.63) is 43.3 Å². The van der Waals surface area contributed by atoms with Gasteiger partial charge in [0.2, 0.25) is 0 Å². The molecule has 0 aliphatic rings. The summed E-state index contributed by atoms with van der Waals surface area (Å²) in [6, 6.07) is 3.27. The molecule has 0 aromatic heterocycles. The second-order valence-corrected chi connectivity index (χ2v) is 7.67. The van der Waals surface area contributed by atoms with Crippen LogP contribution in [0.4, 0.5) is 0 Å². The lowest BCUT2D eigenvalue weighted by Crippen LogP contribution is -2.10. The van der Waals surface area contributed by atoms with Gasteiger partial charge in [-0.1, -0.05) is 0 Å². The van der Waals surface area contributed by atoms with Gasteiger partial charge in [-0.05, 0) is 55.1 Å². The smallest absolute Gasteiger partial charge is 0.341 e. The van der Waals surface area contributed by atoms with E-state index in [0.29, 0.717) is 31.6 Å². The molecular formula is C21H22Br2O8. The van der Waals surface area contributed by atoms with Gasteiger partial charge in [0.15, 0.2) is 23.0 Å². The second-order valence-electron chi connectivity index (χ2n) is 6.09. The van der Waals surface area contributed by atoms with Crippen LogP contribution in [0.1, 0.15) is 31.8 Å². The zero-order chi connectivity index (χ0) is 23.3. The summed E-state index contributed by atoms with van der Waals surface area (Å²) in [5.74, 6) is 0.00430. The van der Waals surface area contributed by atoms with E-state index in [-0.39, 0.29) is 29.0 Å². The molecule has 0 amide bonds. The number of hydrogen-bond donors (Lipinski definition) is 0. The van der Waals surface area contributed by atoms with Crippen LogP contribution >= 0.6 is 31.9 Å².